The molecule has 10 nitrogen and oxygen atoms in total. The average molecular weight is 684 g/mol. The monoisotopic (exact) mass is 683 g/mol. The smallest absolute Gasteiger partial charge is 0.348 e. The van der Waals surface area contributed by atoms with Gasteiger partial charge in [-0.15, -0.1) is 0 Å². The molecule has 0 aliphatic carbocycles. The number of unbranched alkanes of at least 4 members (excludes halogenated alkanes) is 1. The molecule has 0 saturated carbocycles. The maximum Gasteiger partial charge on any atom is 0.348 e. The zero-order chi connectivity index (χ0) is 36.0. The molecule has 0 unspecified atom stereocenters. The molecule has 0 spiro atoms. The van der Waals surface area contributed by atoms with E-state index in [4.69, 9.17) is 9.47 Å². The number of amides is 2. The summed E-state index contributed by atoms with van der Waals surface area (Å²) in [5, 5.41) is 5.85. The van der Waals surface area contributed by atoms with Crippen LogP contribution in [-0.2, 0) is 26.1 Å². The van der Waals surface area contributed by atoms with Crippen LogP contribution in [0.5, 0.6) is 23.0 Å². The number of hydrogen-bond donors (Lipinski definition) is 2. The van der Waals surface area contributed by atoms with Gasteiger partial charge < -0.3 is 24.7 Å². The van der Waals surface area contributed by atoms with E-state index in [9.17, 15) is 9.59 Å². The summed E-state index contributed by atoms with van der Waals surface area (Å²) in [5.41, 5.74) is 3.36. The summed E-state index contributed by atoms with van der Waals surface area (Å²) in [6.07, 6.45) is 9.23. The van der Waals surface area contributed by atoms with Gasteiger partial charge in [0, 0.05) is 36.2 Å². The molecule has 6 aromatic rings. The highest BCUT2D eigenvalue weighted by atomic mass is 16.5. The molecule has 2 amide bonds. The normalized spacial score (nSPS) is 11.2. The zero-order valence-electron chi connectivity index (χ0n) is 29.6. The standard InChI is InChI=1S/C41H42N6O4/c1-6-7-25-47-28-27-46(5)40(47)39(49)44-32-14-22-36(23-15-32)51-34-18-10-30(11-19-34)41(2,3)29-8-16-33(17-9-29)50-35-20-12-31(13-21-35)43-38(48)37-42-24-26-45(37)4/h8-24,26-28H,6-7,25H2,1-5H3,(H-,43,44,48,49)/p+1. The number of nitrogens with zero attached hydrogens (tertiary/aromatic N) is 4. The van der Waals surface area contributed by atoms with Crippen LogP contribution in [0.25, 0.3) is 0 Å². The van der Waals surface area contributed by atoms with Crippen LogP contribution in [0, 0.1) is 0 Å². The number of benzene rings is 4. The highest BCUT2D eigenvalue weighted by Gasteiger charge is 2.24. The highest BCUT2D eigenvalue weighted by Crippen LogP contribution is 2.35. The first kappa shape index (κ1) is 34.7. The van der Waals surface area contributed by atoms with Crippen molar-refractivity contribution in [3.8, 4) is 23.0 Å². The van der Waals surface area contributed by atoms with Crippen LogP contribution < -0.4 is 24.7 Å². The Balaban J connectivity index is 1.03. The van der Waals surface area contributed by atoms with E-state index in [1.165, 1.54) is 0 Å². The summed E-state index contributed by atoms with van der Waals surface area (Å²) >= 11 is 0. The first-order valence-corrected chi connectivity index (χ1v) is 17.0. The average Bonchev–Trinajstić information content (AvgIpc) is 3.74. The van der Waals surface area contributed by atoms with Crippen molar-refractivity contribution in [2.45, 2.75) is 45.6 Å². The number of imidazole rings is 2. The molecule has 6 rings (SSSR count). The molecule has 0 radical (unpaired) electrons. The third-order valence-electron chi connectivity index (χ3n) is 8.90. The molecule has 0 fully saturated rings. The van der Waals surface area contributed by atoms with Crippen LogP contribution in [0.15, 0.2) is 122 Å². The van der Waals surface area contributed by atoms with Crippen LogP contribution in [0.2, 0.25) is 0 Å². The van der Waals surface area contributed by atoms with Crippen molar-refractivity contribution in [2.24, 2.45) is 14.1 Å². The van der Waals surface area contributed by atoms with E-state index in [0.717, 1.165) is 36.3 Å². The number of carbonyl (C=O) groups excluding carboxylic acids is 2. The van der Waals surface area contributed by atoms with Crippen molar-refractivity contribution in [2.75, 3.05) is 10.6 Å². The summed E-state index contributed by atoms with van der Waals surface area (Å²) in [5.74, 6) is 3.30. The lowest BCUT2D eigenvalue weighted by Crippen LogP contribution is -2.37. The number of carbonyl (C=O) groups is 2. The van der Waals surface area contributed by atoms with Crippen molar-refractivity contribution in [3.63, 3.8) is 0 Å². The third-order valence-corrected chi connectivity index (χ3v) is 8.90. The maximum absolute atomic E-state index is 13.0. The molecule has 2 aromatic heterocycles. The maximum atomic E-state index is 13.0. The Kier molecular flexibility index (Phi) is 10.3. The van der Waals surface area contributed by atoms with Crippen molar-refractivity contribution in [1.82, 2.24) is 14.1 Å². The summed E-state index contributed by atoms with van der Waals surface area (Å²) in [4.78, 5) is 29.5. The first-order chi connectivity index (χ1) is 24.6. The fourth-order valence-corrected chi connectivity index (χ4v) is 5.81. The Bertz CT molecular complexity index is 2100. The Morgan fingerprint density at radius 3 is 1.65 bits per heavy atom. The summed E-state index contributed by atoms with van der Waals surface area (Å²) < 4.78 is 17.7. The van der Waals surface area contributed by atoms with E-state index in [1.807, 2.05) is 89.2 Å². The first-order valence-electron chi connectivity index (χ1n) is 17.0. The fraction of sp³-hybridized carbons (Fsp3) is 0.220. The predicted octanol–water partition coefficient (Wildman–Crippen LogP) is 8.26. The van der Waals surface area contributed by atoms with Gasteiger partial charge in [-0.3, -0.25) is 9.59 Å². The van der Waals surface area contributed by atoms with Crippen LogP contribution in [-0.4, -0.2) is 25.9 Å². The van der Waals surface area contributed by atoms with Gasteiger partial charge in [0.05, 0.1) is 13.6 Å². The van der Waals surface area contributed by atoms with Gasteiger partial charge in [-0.25, -0.2) is 14.1 Å². The summed E-state index contributed by atoms with van der Waals surface area (Å²) in [6, 6.07) is 30.8. The molecule has 2 heterocycles. The second kappa shape index (κ2) is 15.2. The van der Waals surface area contributed by atoms with E-state index in [-0.39, 0.29) is 17.2 Å². The molecule has 0 bridgehead atoms. The van der Waals surface area contributed by atoms with E-state index < -0.39 is 0 Å². The van der Waals surface area contributed by atoms with Crippen molar-refractivity contribution in [3.05, 3.63) is 145 Å². The number of aromatic nitrogens is 4. The van der Waals surface area contributed by atoms with E-state index in [2.05, 4.69) is 60.7 Å². The molecule has 51 heavy (non-hydrogen) atoms. The van der Waals surface area contributed by atoms with Crippen LogP contribution >= 0.6 is 0 Å². The molecule has 10 heteroatoms. The number of aryl methyl sites for hydroxylation is 3. The van der Waals surface area contributed by atoms with E-state index in [1.54, 1.807) is 36.1 Å². The van der Waals surface area contributed by atoms with Gasteiger partial charge in [0.15, 0.2) is 5.82 Å². The van der Waals surface area contributed by atoms with Crippen LogP contribution in [0.4, 0.5) is 11.4 Å². The quantitative estimate of drug-likeness (QED) is 0.119. The topological polar surface area (TPSA) is 103 Å². The number of ether oxygens (including phenoxy) is 2. The highest BCUT2D eigenvalue weighted by molar-refractivity contribution is 6.02. The lowest BCUT2D eigenvalue weighted by Gasteiger charge is -2.26. The zero-order valence-corrected chi connectivity index (χ0v) is 29.6. The Hall–Kier alpha value is -6.16. The minimum atomic E-state index is -0.274. The van der Waals surface area contributed by atoms with Gasteiger partial charge in [-0.2, -0.15) is 0 Å². The van der Waals surface area contributed by atoms with Gasteiger partial charge in [0.25, 0.3) is 5.91 Å². The lowest BCUT2D eigenvalue weighted by molar-refractivity contribution is -0.672. The number of anilines is 2. The Morgan fingerprint density at radius 1 is 0.725 bits per heavy atom. The van der Waals surface area contributed by atoms with Gasteiger partial charge in [0.1, 0.15) is 35.4 Å². The number of nitrogens with one attached hydrogen (secondary N) is 2. The van der Waals surface area contributed by atoms with Crippen molar-refractivity contribution >= 4 is 23.2 Å². The molecule has 0 aliphatic rings. The minimum Gasteiger partial charge on any atom is -0.457 e. The largest absolute Gasteiger partial charge is 0.457 e. The van der Waals surface area contributed by atoms with E-state index in [0.29, 0.717) is 40.3 Å². The van der Waals surface area contributed by atoms with Crippen LogP contribution in [0.3, 0.4) is 0 Å². The van der Waals surface area contributed by atoms with Gasteiger partial charge in [0.2, 0.25) is 0 Å². The summed E-state index contributed by atoms with van der Waals surface area (Å²) in [6.45, 7) is 7.31. The van der Waals surface area contributed by atoms with Gasteiger partial charge >= 0.3 is 11.7 Å². The second-order valence-electron chi connectivity index (χ2n) is 13.0. The Labute approximate surface area is 298 Å². The van der Waals surface area contributed by atoms with Crippen molar-refractivity contribution < 1.29 is 23.6 Å². The molecule has 0 saturated heterocycles. The minimum absolute atomic E-state index is 0.150. The number of hydrogen-bond acceptors (Lipinski definition) is 5. The molecule has 260 valence electrons. The molecule has 0 atom stereocenters. The predicted molar refractivity (Wildman–Crippen MR) is 198 cm³/mol. The molecule has 2 N–H and O–H groups in total. The third kappa shape index (κ3) is 8.18. The summed E-state index contributed by atoms with van der Waals surface area (Å²) in [7, 11) is 3.66. The lowest BCUT2D eigenvalue weighted by atomic mass is 9.78. The van der Waals surface area contributed by atoms with Crippen molar-refractivity contribution in [1.29, 1.82) is 0 Å². The molecule has 0 aliphatic heterocycles. The number of rotatable bonds is 13. The van der Waals surface area contributed by atoms with E-state index >= 15 is 0 Å². The molecular formula is C41H43N6O4+. The van der Waals surface area contributed by atoms with Gasteiger partial charge in [-0.05, 0) is 90.3 Å². The Morgan fingerprint density at radius 2 is 1.20 bits per heavy atom. The van der Waals surface area contributed by atoms with Gasteiger partial charge in [-0.1, -0.05) is 51.5 Å². The SMILES string of the molecule is CCCCn1cc[n+](C)c1C(=O)Nc1ccc(Oc2ccc(C(C)(C)c3ccc(Oc4ccc(NC(=O)c5nccn5C)cc4)cc3)cc2)cc1. The van der Waals surface area contributed by atoms with Crippen LogP contribution in [0.1, 0.15) is 66.0 Å². The molecule has 4 aromatic carbocycles. The fourth-order valence-electron chi connectivity index (χ4n) is 5.81. The molecular weight excluding hydrogens is 640 g/mol. The second-order valence-corrected chi connectivity index (χ2v) is 13.0.